The number of aryl methyl sites for hydroxylation is 3. The minimum Gasteiger partial charge on any atom is -0.484 e. The van der Waals surface area contributed by atoms with E-state index in [1.165, 1.54) is 0 Å². The molecule has 4 rings (SSSR count). The van der Waals surface area contributed by atoms with Crippen LogP contribution in [0.4, 0.5) is 5.69 Å². The zero-order valence-electron chi connectivity index (χ0n) is 15.4. The average molecular weight is 379 g/mol. The van der Waals surface area contributed by atoms with E-state index in [9.17, 15) is 4.79 Å². The van der Waals surface area contributed by atoms with Gasteiger partial charge in [0, 0.05) is 24.1 Å². The minimum atomic E-state index is -0.192. The predicted octanol–water partition coefficient (Wildman–Crippen LogP) is 4.29. The molecule has 0 aliphatic carbocycles. The molecule has 1 amide bonds. The summed E-state index contributed by atoms with van der Waals surface area (Å²) in [7, 11) is 0. The molecule has 2 heterocycles. The number of carbonyl (C=O) groups excluding carboxylic acids is 1. The van der Waals surface area contributed by atoms with Gasteiger partial charge < -0.3 is 14.6 Å². The number of nitrogens with one attached hydrogen (secondary N) is 1. The van der Waals surface area contributed by atoms with Crippen LogP contribution < -0.4 is 10.1 Å². The summed E-state index contributed by atoms with van der Waals surface area (Å²) in [5.41, 5.74) is 4.76. The molecular weight excluding hydrogens is 358 g/mol. The number of ether oxygens (including phenoxy) is 1. The van der Waals surface area contributed by atoms with Crippen LogP contribution in [0.3, 0.4) is 0 Å². The lowest BCUT2D eigenvalue weighted by molar-refractivity contribution is -0.118. The molecule has 3 aromatic rings. The maximum atomic E-state index is 12.4. The number of amides is 1. The zero-order chi connectivity index (χ0) is 18.8. The summed E-state index contributed by atoms with van der Waals surface area (Å²) in [6.45, 7) is 4.96. The molecule has 1 N–H and O–H groups in total. The maximum Gasteiger partial charge on any atom is 0.262 e. The first-order valence-electron chi connectivity index (χ1n) is 8.89. The van der Waals surface area contributed by atoms with Gasteiger partial charge in [0.1, 0.15) is 5.75 Å². The highest BCUT2D eigenvalue weighted by Gasteiger charge is 2.17. The fraction of sp³-hybridized carbons (Fsp3) is 0.238. The van der Waals surface area contributed by atoms with E-state index in [0.29, 0.717) is 5.75 Å². The molecule has 1 aromatic heterocycles. The third-order valence-corrected chi connectivity index (χ3v) is 5.32. The van der Waals surface area contributed by atoms with Crippen molar-refractivity contribution in [2.75, 3.05) is 17.7 Å². The van der Waals surface area contributed by atoms with Gasteiger partial charge in [-0.15, -0.1) is 0 Å². The van der Waals surface area contributed by atoms with Crippen molar-refractivity contribution in [3.63, 3.8) is 0 Å². The number of carbonyl (C=O) groups is 1. The van der Waals surface area contributed by atoms with Gasteiger partial charge in [0.05, 0.1) is 11.4 Å². The summed E-state index contributed by atoms with van der Waals surface area (Å²) >= 11 is 1.76. The monoisotopic (exact) mass is 379 g/mol. The van der Waals surface area contributed by atoms with Crippen LogP contribution in [0.5, 0.6) is 5.75 Å². The number of fused-ring (bicyclic) bond motifs is 1. The lowest BCUT2D eigenvalue weighted by atomic mass is 10.1. The normalized spacial score (nSPS) is 12.7. The Morgan fingerprint density at radius 1 is 1.22 bits per heavy atom. The summed E-state index contributed by atoms with van der Waals surface area (Å²) in [6, 6.07) is 13.7. The molecule has 2 aromatic carbocycles. The fourth-order valence-corrected chi connectivity index (χ4v) is 4.15. The van der Waals surface area contributed by atoms with Crippen LogP contribution in [0.1, 0.15) is 11.1 Å². The van der Waals surface area contributed by atoms with Gasteiger partial charge in [0.2, 0.25) is 0 Å². The van der Waals surface area contributed by atoms with E-state index in [1.807, 2.05) is 56.4 Å². The highest BCUT2D eigenvalue weighted by Crippen LogP contribution is 2.32. The molecule has 0 radical (unpaired) electrons. The van der Waals surface area contributed by atoms with Crippen LogP contribution in [0.15, 0.2) is 53.8 Å². The molecule has 0 spiro atoms. The molecule has 1 aliphatic heterocycles. The first-order chi connectivity index (χ1) is 13.1. The fourth-order valence-electron chi connectivity index (χ4n) is 3.21. The van der Waals surface area contributed by atoms with Gasteiger partial charge in [0.25, 0.3) is 5.91 Å². The number of aromatic nitrogens is 2. The van der Waals surface area contributed by atoms with Crippen LogP contribution in [-0.4, -0.2) is 27.8 Å². The van der Waals surface area contributed by atoms with Crippen molar-refractivity contribution in [1.29, 1.82) is 0 Å². The molecule has 1 aliphatic rings. The van der Waals surface area contributed by atoms with E-state index >= 15 is 0 Å². The third-order valence-electron chi connectivity index (χ3n) is 4.35. The highest BCUT2D eigenvalue weighted by atomic mass is 32.2. The molecule has 0 fully saturated rings. The van der Waals surface area contributed by atoms with Gasteiger partial charge in [-0.05, 0) is 43.2 Å². The van der Waals surface area contributed by atoms with Gasteiger partial charge in [-0.1, -0.05) is 36.0 Å². The lowest BCUT2D eigenvalue weighted by Gasteiger charge is -2.11. The number of para-hydroxylation sites is 1. The lowest BCUT2D eigenvalue weighted by Crippen LogP contribution is -2.20. The van der Waals surface area contributed by atoms with E-state index in [1.54, 1.807) is 11.8 Å². The first-order valence-corrected chi connectivity index (χ1v) is 9.87. The average Bonchev–Trinajstić information content (AvgIpc) is 3.21. The van der Waals surface area contributed by atoms with E-state index in [0.717, 1.165) is 45.5 Å². The number of hydrogen-bond acceptors (Lipinski definition) is 4. The molecule has 0 saturated heterocycles. The summed E-state index contributed by atoms with van der Waals surface area (Å²) in [6.07, 6.45) is 2.05. The van der Waals surface area contributed by atoms with Gasteiger partial charge >= 0.3 is 0 Å². The second-order valence-corrected chi connectivity index (χ2v) is 7.72. The Morgan fingerprint density at radius 2 is 2.00 bits per heavy atom. The maximum absolute atomic E-state index is 12.4. The van der Waals surface area contributed by atoms with Crippen LogP contribution in [0.2, 0.25) is 0 Å². The first kappa shape index (κ1) is 17.7. The largest absolute Gasteiger partial charge is 0.484 e. The Kier molecular flexibility index (Phi) is 4.90. The minimum absolute atomic E-state index is 0.0350. The van der Waals surface area contributed by atoms with Crippen molar-refractivity contribution in [2.45, 2.75) is 25.5 Å². The molecule has 6 heteroatoms. The second kappa shape index (κ2) is 7.48. The van der Waals surface area contributed by atoms with Crippen LogP contribution in [-0.2, 0) is 11.3 Å². The summed E-state index contributed by atoms with van der Waals surface area (Å²) in [5.74, 6) is 1.58. The Morgan fingerprint density at radius 3 is 2.78 bits per heavy atom. The highest BCUT2D eigenvalue weighted by molar-refractivity contribution is 7.99. The molecular formula is C21H21N3O2S. The standard InChI is InChI=1S/C21H21N3O2S/c1-14-9-15(2)11-16(10-14)26-13-20(25)22-18-6-4-3-5-17(18)19-12-24-7-8-27-21(24)23-19/h3-6,9-12H,7-8,13H2,1-2H3,(H,22,25). The van der Waals surface area contributed by atoms with Gasteiger partial charge in [-0.2, -0.15) is 0 Å². The quantitative estimate of drug-likeness (QED) is 0.718. The third kappa shape index (κ3) is 4.01. The van der Waals surface area contributed by atoms with E-state index in [-0.39, 0.29) is 12.5 Å². The molecule has 138 valence electrons. The number of hydrogen-bond donors (Lipinski definition) is 1. The number of benzene rings is 2. The SMILES string of the molecule is Cc1cc(C)cc(OCC(=O)Nc2ccccc2-c2cn3c(n2)SCC3)c1. The number of rotatable bonds is 5. The van der Waals surface area contributed by atoms with E-state index in [2.05, 4.69) is 20.9 Å². The predicted molar refractivity (Wildman–Crippen MR) is 108 cm³/mol. The van der Waals surface area contributed by atoms with Crippen molar-refractivity contribution in [3.05, 3.63) is 59.8 Å². The van der Waals surface area contributed by atoms with Gasteiger partial charge in [-0.3, -0.25) is 4.79 Å². The van der Waals surface area contributed by atoms with Crippen molar-refractivity contribution in [2.24, 2.45) is 0 Å². The topological polar surface area (TPSA) is 56.1 Å². The van der Waals surface area contributed by atoms with Crippen LogP contribution >= 0.6 is 11.8 Å². The molecule has 27 heavy (non-hydrogen) atoms. The summed E-state index contributed by atoms with van der Waals surface area (Å²) in [5, 5.41) is 3.98. The summed E-state index contributed by atoms with van der Waals surface area (Å²) in [4.78, 5) is 17.1. The van der Waals surface area contributed by atoms with E-state index < -0.39 is 0 Å². The Labute approximate surface area is 162 Å². The molecule has 0 bridgehead atoms. The Hall–Kier alpha value is -2.73. The number of nitrogens with zero attached hydrogens (tertiary/aromatic N) is 2. The van der Waals surface area contributed by atoms with Crippen LogP contribution in [0.25, 0.3) is 11.3 Å². The number of imidazole rings is 1. The molecule has 0 atom stereocenters. The summed E-state index contributed by atoms with van der Waals surface area (Å²) < 4.78 is 7.82. The van der Waals surface area contributed by atoms with Crippen molar-refractivity contribution in [1.82, 2.24) is 9.55 Å². The molecule has 5 nitrogen and oxygen atoms in total. The smallest absolute Gasteiger partial charge is 0.262 e. The Balaban J connectivity index is 1.46. The number of anilines is 1. The Bertz CT molecular complexity index is 955. The van der Waals surface area contributed by atoms with Crippen molar-refractivity contribution in [3.8, 4) is 17.0 Å². The van der Waals surface area contributed by atoms with E-state index in [4.69, 9.17) is 4.74 Å². The van der Waals surface area contributed by atoms with Gasteiger partial charge in [-0.25, -0.2) is 4.98 Å². The number of thioether (sulfide) groups is 1. The molecule has 0 saturated carbocycles. The van der Waals surface area contributed by atoms with Crippen molar-refractivity contribution < 1.29 is 9.53 Å². The molecule has 0 unspecified atom stereocenters. The van der Waals surface area contributed by atoms with Crippen LogP contribution in [0, 0.1) is 13.8 Å². The second-order valence-electron chi connectivity index (χ2n) is 6.66. The zero-order valence-corrected chi connectivity index (χ0v) is 16.2. The van der Waals surface area contributed by atoms with Gasteiger partial charge in [0.15, 0.2) is 11.8 Å². The van der Waals surface area contributed by atoms with Crippen molar-refractivity contribution >= 4 is 23.4 Å².